The van der Waals surface area contributed by atoms with E-state index in [9.17, 15) is 4.79 Å². The van der Waals surface area contributed by atoms with E-state index >= 15 is 0 Å². The minimum absolute atomic E-state index is 0.0122. The van der Waals surface area contributed by atoms with Crippen molar-refractivity contribution in [3.05, 3.63) is 48.3 Å². The van der Waals surface area contributed by atoms with Crippen LogP contribution >= 0.6 is 0 Å². The number of carbonyl (C=O) groups excluding carboxylic acids is 1. The predicted octanol–water partition coefficient (Wildman–Crippen LogP) is 2.96. The zero-order chi connectivity index (χ0) is 16.5. The summed E-state index contributed by atoms with van der Waals surface area (Å²) in [4.78, 5) is 12.0. The topological polar surface area (TPSA) is 72.9 Å². The average Bonchev–Trinajstić information content (AvgIpc) is 3.09. The van der Waals surface area contributed by atoms with Crippen molar-refractivity contribution in [2.45, 2.75) is 45.1 Å². The lowest BCUT2D eigenvalue weighted by molar-refractivity contribution is -0.121. The Labute approximate surface area is 137 Å². The third kappa shape index (κ3) is 5.53. The average molecular weight is 314 g/mol. The normalized spacial score (nSPS) is 12.1. The van der Waals surface area contributed by atoms with Gasteiger partial charge in [0.15, 0.2) is 0 Å². The molecule has 2 rings (SSSR count). The SMILES string of the molecule is CC(NC(=O)CCCCCCN)c1ccc(-n2cccn2)cc1. The number of nitrogens with two attached hydrogens (primary N) is 1. The van der Waals surface area contributed by atoms with Crippen molar-refractivity contribution in [1.82, 2.24) is 15.1 Å². The number of unbranched alkanes of at least 4 members (excludes halogenated alkanes) is 3. The van der Waals surface area contributed by atoms with Crippen LogP contribution in [0.2, 0.25) is 0 Å². The van der Waals surface area contributed by atoms with Crippen LogP contribution in [0.15, 0.2) is 42.7 Å². The Morgan fingerprint density at radius 3 is 2.61 bits per heavy atom. The van der Waals surface area contributed by atoms with Crippen LogP contribution in [0.4, 0.5) is 0 Å². The standard InChI is InChI=1S/C18H26N4O/c1-15(21-18(23)7-4-2-3-5-12-19)16-8-10-17(11-9-16)22-14-6-13-20-22/h6,8-11,13-15H,2-5,7,12,19H2,1H3,(H,21,23). The second-order valence-electron chi connectivity index (χ2n) is 5.78. The fourth-order valence-corrected chi connectivity index (χ4v) is 2.52. The fourth-order valence-electron chi connectivity index (χ4n) is 2.52. The number of amides is 1. The summed E-state index contributed by atoms with van der Waals surface area (Å²) in [7, 11) is 0. The molecule has 0 radical (unpaired) electrons. The molecule has 1 heterocycles. The highest BCUT2D eigenvalue weighted by Gasteiger charge is 2.09. The van der Waals surface area contributed by atoms with Gasteiger partial charge in [-0.05, 0) is 50.1 Å². The van der Waals surface area contributed by atoms with E-state index in [-0.39, 0.29) is 11.9 Å². The van der Waals surface area contributed by atoms with Gasteiger partial charge in [-0.3, -0.25) is 4.79 Å². The minimum atomic E-state index is 0.0122. The Kier molecular flexibility index (Phi) is 6.81. The second-order valence-corrected chi connectivity index (χ2v) is 5.78. The van der Waals surface area contributed by atoms with Crippen molar-refractivity contribution in [3.8, 4) is 5.69 Å². The van der Waals surface area contributed by atoms with E-state index in [2.05, 4.69) is 10.4 Å². The van der Waals surface area contributed by atoms with Crippen molar-refractivity contribution in [3.63, 3.8) is 0 Å². The van der Waals surface area contributed by atoms with Gasteiger partial charge in [-0.15, -0.1) is 0 Å². The highest BCUT2D eigenvalue weighted by atomic mass is 16.1. The number of aromatic nitrogens is 2. The predicted molar refractivity (Wildman–Crippen MR) is 92.3 cm³/mol. The van der Waals surface area contributed by atoms with Gasteiger partial charge in [-0.1, -0.05) is 25.0 Å². The molecule has 0 spiro atoms. The Morgan fingerprint density at radius 2 is 1.96 bits per heavy atom. The quantitative estimate of drug-likeness (QED) is 0.699. The third-order valence-electron chi connectivity index (χ3n) is 3.90. The third-order valence-corrected chi connectivity index (χ3v) is 3.90. The molecule has 5 nitrogen and oxygen atoms in total. The number of carbonyl (C=O) groups is 1. The molecule has 0 aliphatic heterocycles. The summed E-state index contributed by atoms with van der Waals surface area (Å²) in [6, 6.07) is 9.99. The van der Waals surface area contributed by atoms with Crippen LogP contribution in [0.5, 0.6) is 0 Å². The molecule has 0 bridgehead atoms. The Balaban J connectivity index is 1.78. The number of hydrogen-bond acceptors (Lipinski definition) is 3. The first-order valence-corrected chi connectivity index (χ1v) is 8.30. The van der Waals surface area contributed by atoms with Crippen LogP contribution in [0, 0.1) is 0 Å². The molecule has 3 N–H and O–H groups in total. The first kappa shape index (κ1) is 17.2. The maximum absolute atomic E-state index is 12.0. The van der Waals surface area contributed by atoms with E-state index in [1.165, 1.54) is 0 Å². The Morgan fingerprint density at radius 1 is 1.22 bits per heavy atom. The summed E-state index contributed by atoms with van der Waals surface area (Å²) in [5, 5.41) is 7.26. The molecule has 1 amide bonds. The summed E-state index contributed by atoms with van der Waals surface area (Å²) in [6.07, 6.45) is 8.39. The van der Waals surface area contributed by atoms with E-state index in [1.54, 1.807) is 6.20 Å². The summed E-state index contributed by atoms with van der Waals surface area (Å²) in [5.74, 6) is 0.112. The summed E-state index contributed by atoms with van der Waals surface area (Å²) in [5.41, 5.74) is 7.56. The Hall–Kier alpha value is -2.14. The number of hydrogen-bond donors (Lipinski definition) is 2. The number of benzene rings is 1. The molecule has 1 atom stereocenters. The molecule has 0 aliphatic carbocycles. The molecule has 5 heteroatoms. The van der Waals surface area contributed by atoms with Crippen LogP contribution < -0.4 is 11.1 Å². The molecule has 0 aliphatic rings. The van der Waals surface area contributed by atoms with Gasteiger partial charge < -0.3 is 11.1 Å². The maximum atomic E-state index is 12.0. The molecule has 0 saturated carbocycles. The molecular formula is C18H26N4O. The molecule has 1 aromatic carbocycles. The fraction of sp³-hybridized carbons (Fsp3) is 0.444. The van der Waals surface area contributed by atoms with Crippen molar-refractivity contribution in [2.24, 2.45) is 5.73 Å². The van der Waals surface area contributed by atoms with Crippen molar-refractivity contribution >= 4 is 5.91 Å². The number of nitrogens with zero attached hydrogens (tertiary/aromatic N) is 2. The Bertz CT molecular complexity index is 578. The summed E-state index contributed by atoms with van der Waals surface area (Å²) < 4.78 is 1.81. The van der Waals surface area contributed by atoms with E-state index in [1.807, 2.05) is 48.1 Å². The molecule has 0 saturated heterocycles. The highest BCUT2D eigenvalue weighted by Crippen LogP contribution is 2.15. The van der Waals surface area contributed by atoms with Crippen molar-refractivity contribution < 1.29 is 4.79 Å². The molecular weight excluding hydrogens is 288 g/mol. The zero-order valence-corrected chi connectivity index (χ0v) is 13.7. The maximum Gasteiger partial charge on any atom is 0.220 e. The molecule has 2 aromatic rings. The van der Waals surface area contributed by atoms with Gasteiger partial charge in [0.1, 0.15) is 0 Å². The largest absolute Gasteiger partial charge is 0.350 e. The van der Waals surface area contributed by atoms with Gasteiger partial charge in [0.05, 0.1) is 11.7 Å². The van der Waals surface area contributed by atoms with E-state index in [4.69, 9.17) is 5.73 Å². The van der Waals surface area contributed by atoms with Crippen LogP contribution in [-0.4, -0.2) is 22.2 Å². The number of nitrogens with one attached hydrogen (secondary N) is 1. The second kappa shape index (κ2) is 9.10. The summed E-state index contributed by atoms with van der Waals surface area (Å²) >= 11 is 0. The number of rotatable bonds is 9. The van der Waals surface area contributed by atoms with Gasteiger partial charge in [-0.25, -0.2) is 4.68 Å². The molecule has 1 aromatic heterocycles. The van der Waals surface area contributed by atoms with E-state index in [0.29, 0.717) is 6.42 Å². The van der Waals surface area contributed by atoms with Gasteiger partial charge in [0.2, 0.25) is 5.91 Å². The monoisotopic (exact) mass is 314 g/mol. The molecule has 124 valence electrons. The summed E-state index contributed by atoms with van der Waals surface area (Å²) in [6.45, 7) is 2.74. The van der Waals surface area contributed by atoms with Gasteiger partial charge in [-0.2, -0.15) is 5.10 Å². The van der Waals surface area contributed by atoms with Crippen LogP contribution in [-0.2, 0) is 4.79 Å². The molecule has 0 fully saturated rings. The van der Waals surface area contributed by atoms with Crippen LogP contribution in [0.25, 0.3) is 5.69 Å². The first-order valence-electron chi connectivity index (χ1n) is 8.30. The lowest BCUT2D eigenvalue weighted by Crippen LogP contribution is -2.26. The van der Waals surface area contributed by atoms with E-state index < -0.39 is 0 Å². The highest BCUT2D eigenvalue weighted by molar-refractivity contribution is 5.76. The lowest BCUT2D eigenvalue weighted by atomic mass is 10.1. The van der Waals surface area contributed by atoms with Crippen molar-refractivity contribution in [2.75, 3.05) is 6.54 Å². The zero-order valence-electron chi connectivity index (χ0n) is 13.7. The lowest BCUT2D eigenvalue weighted by Gasteiger charge is -2.15. The van der Waals surface area contributed by atoms with Crippen molar-refractivity contribution in [1.29, 1.82) is 0 Å². The van der Waals surface area contributed by atoms with Gasteiger partial charge >= 0.3 is 0 Å². The van der Waals surface area contributed by atoms with E-state index in [0.717, 1.165) is 43.5 Å². The molecule has 23 heavy (non-hydrogen) atoms. The molecule has 1 unspecified atom stereocenters. The van der Waals surface area contributed by atoms with Gasteiger partial charge in [0.25, 0.3) is 0 Å². The first-order chi connectivity index (χ1) is 11.2. The smallest absolute Gasteiger partial charge is 0.220 e. The van der Waals surface area contributed by atoms with Crippen LogP contribution in [0.1, 0.15) is 50.6 Å². The van der Waals surface area contributed by atoms with Crippen LogP contribution in [0.3, 0.4) is 0 Å². The minimum Gasteiger partial charge on any atom is -0.350 e. The van der Waals surface area contributed by atoms with Gasteiger partial charge in [0, 0.05) is 18.8 Å².